The van der Waals surface area contributed by atoms with Gasteiger partial charge in [0, 0.05) is 9.79 Å². The minimum absolute atomic E-state index is 0.178. The average Bonchev–Trinajstić information content (AvgIpc) is 3.31. The maximum atomic E-state index is 12.7. The Bertz CT molecular complexity index is 1240. The maximum absolute atomic E-state index is 12.7. The highest BCUT2D eigenvalue weighted by atomic mass is 32.2. The molecule has 0 bridgehead atoms. The third kappa shape index (κ3) is 5.27. The van der Waals surface area contributed by atoms with Crippen LogP contribution >= 0.6 is 11.8 Å². The van der Waals surface area contributed by atoms with Gasteiger partial charge in [0.25, 0.3) is 5.91 Å². The van der Waals surface area contributed by atoms with E-state index >= 15 is 0 Å². The molecule has 0 radical (unpaired) electrons. The summed E-state index contributed by atoms with van der Waals surface area (Å²) in [6.45, 7) is 1.59. The first kappa shape index (κ1) is 22.2. The van der Waals surface area contributed by atoms with Crippen LogP contribution in [0.15, 0.2) is 76.5 Å². The van der Waals surface area contributed by atoms with Gasteiger partial charge in [-0.05, 0) is 48.9 Å². The molecule has 0 spiro atoms. The molecule has 1 atom stereocenters. The maximum Gasteiger partial charge on any atom is 0.339 e. The zero-order valence-electron chi connectivity index (χ0n) is 17.7. The molecule has 0 aromatic heterocycles. The molecule has 1 N–H and O–H groups in total. The molecule has 8 heteroatoms. The summed E-state index contributed by atoms with van der Waals surface area (Å²) in [5, 5.41) is 12.1. The van der Waals surface area contributed by atoms with Crippen molar-refractivity contribution >= 4 is 23.6 Å². The average molecular weight is 461 g/mol. The molecule has 4 rings (SSSR count). The summed E-state index contributed by atoms with van der Waals surface area (Å²) < 4.78 is 15.9. The lowest BCUT2D eigenvalue weighted by atomic mass is 10.1. The van der Waals surface area contributed by atoms with Crippen LogP contribution in [0.4, 0.5) is 0 Å². The second-order valence-electron chi connectivity index (χ2n) is 7.18. The predicted molar refractivity (Wildman–Crippen MR) is 121 cm³/mol. The van der Waals surface area contributed by atoms with Crippen molar-refractivity contribution in [2.45, 2.75) is 22.8 Å². The van der Waals surface area contributed by atoms with Gasteiger partial charge in [0.15, 0.2) is 18.1 Å². The molecule has 3 aromatic rings. The van der Waals surface area contributed by atoms with Gasteiger partial charge in [-0.3, -0.25) is 4.79 Å². The molecular formula is C25H20N2O5S. The molecule has 7 nitrogen and oxygen atoms in total. The van der Waals surface area contributed by atoms with Gasteiger partial charge in [-0.1, -0.05) is 42.1 Å². The molecule has 1 amide bonds. The summed E-state index contributed by atoms with van der Waals surface area (Å²) in [6.07, 6.45) is 0. The van der Waals surface area contributed by atoms with Crippen molar-refractivity contribution in [3.8, 4) is 17.6 Å². The van der Waals surface area contributed by atoms with E-state index in [0.717, 1.165) is 10.5 Å². The van der Waals surface area contributed by atoms with Crippen molar-refractivity contribution in [1.82, 2.24) is 5.32 Å². The van der Waals surface area contributed by atoms with E-state index in [9.17, 15) is 14.9 Å². The molecule has 1 unspecified atom stereocenters. The summed E-state index contributed by atoms with van der Waals surface area (Å²) in [5.41, 5.74) is 1.69. The number of carbonyl (C=O) groups excluding carboxylic acids is 2. The molecule has 166 valence electrons. The number of nitrogens with one attached hydrogen (secondary N) is 1. The number of benzene rings is 3. The van der Waals surface area contributed by atoms with Crippen LogP contribution in [-0.2, 0) is 9.53 Å². The van der Waals surface area contributed by atoms with Crippen molar-refractivity contribution in [3.05, 3.63) is 83.4 Å². The van der Waals surface area contributed by atoms with Crippen LogP contribution in [0.5, 0.6) is 11.5 Å². The fourth-order valence-corrected chi connectivity index (χ4v) is 4.26. The van der Waals surface area contributed by atoms with Gasteiger partial charge in [-0.25, -0.2) is 4.79 Å². The van der Waals surface area contributed by atoms with E-state index in [4.69, 9.17) is 14.2 Å². The number of carbonyl (C=O) groups is 2. The van der Waals surface area contributed by atoms with E-state index in [2.05, 4.69) is 11.4 Å². The number of hydrogen-bond donors (Lipinski definition) is 1. The van der Waals surface area contributed by atoms with Crippen molar-refractivity contribution < 1.29 is 23.8 Å². The number of nitrogens with zero attached hydrogens (tertiary/aromatic N) is 1. The first-order valence-electron chi connectivity index (χ1n) is 10.2. The zero-order valence-corrected chi connectivity index (χ0v) is 18.6. The van der Waals surface area contributed by atoms with E-state index < -0.39 is 18.5 Å². The second kappa shape index (κ2) is 10.1. The normalized spacial score (nSPS) is 12.5. The van der Waals surface area contributed by atoms with Gasteiger partial charge < -0.3 is 19.5 Å². The first-order valence-corrected chi connectivity index (χ1v) is 11.0. The van der Waals surface area contributed by atoms with Crippen LogP contribution in [0.25, 0.3) is 0 Å². The third-order valence-corrected chi connectivity index (χ3v) is 6.09. The van der Waals surface area contributed by atoms with Crippen LogP contribution < -0.4 is 14.8 Å². The Kier molecular flexibility index (Phi) is 6.81. The topological polar surface area (TPSA) is 97.7 Å². The molecule has 1 heterocycles. The summed E-state index contributed by atoms with van der Waals surface area (Å²) >= 11 is 1.30. The Balaban J connectivity index is 1.37. The van der Waals surface area contributed by atoms with Crippen molar-refractivity contribution in [2.24, 2.45) is 0 Å². The Labute approximate surface area is 195 Å². The second-order valence-corrected chi connectivity index (χ2v) is 8.27. The van der Waals surface area contributed by atoms with Gasteiger partial charge in [0.2, 0.25) is 6.79 Å². The van der Waals surface area contributed by atoms with Gasteiger partial charge in [0.1, 0.15) is 6.07 Å². The van der Waals surface area contributed by atoms with Gasteiger partial charge in [0.05, 0.1) is 17.2 Å². The van der Waals surface area contributed by atoms with Crippen molar-refractivity contribution in [3.63, 3.8) is 0 Å². The number of hydrogen-bond acceptors (Lipinski definition) is 7. The van der Waals surface area contributed by atoms with Crippen molar-refractivity contribution in [2.75, 3.05) is 13.4 Å². The Morgan fingerprint density at radius 1 is 1.06 bits per heavy atom. The molecular weight excluding hydrogens is 440 g/mol. The molecule has 1 aliphatic rings. The van der Waals surface area contributed by atoms with Crippen LogP contribution in [0.2, 0.25) is 0 Å². The molecule has 0 fully saturated rings. The van der Waals surface area contributed by atoms with E-state index in [1.165, 1.54) is 11.8 Å². The quantitative estimate of drug-likeness (QED) is 0.520. The first-order chi connectivity index (χ1) is 16.0. The zero-order chi connectivity index (χ0) is 23.2. The number of esters is 1. The third-order valence-electron chi connectivity index (χ3n) is 4.94. The summed E-state index contributed by atoms with van der Waals surface area (Å²) in [4.78, 5) is 26.4. The van der Waals surface area contributed by atoms with Crippen molar-refractivity contribution in [1.29, 1.82) is 5.26 Å². The highest BCUT2D eigenvalue weighted by Gasteiger charge is 2.19. The monoisotopic (exact) mass is 460 g/mol. The Hall–Kier alpha value is -3.96. The van der Waals surface area contributed by atoms with Crippen LogP contribution in [-0.4, -0.2) is 25.3 Å². The highest BCUT2D eigenvalue weighted by Crippen LogP contribution is 2.34. The molecule has 3 aromatic carbocycles. The molecule has 33 heavy (non-hydrogen) atoms. The fraction of sp³-hybridized carbons (Fsp3) is 0.160. The number of rotatable bonds is 7. The fourth-order valence-electron chi connectivity index (χ4n) is 3.25. The lowest BCUT2D eigenvalue weighted by Crippen LogP contribution is -2.31. The van der Waals surface area contributed by atoms with Gasteiger partial charge in [-0.2, -0.15) is 5.26 Å². The van der Waals surface area contributed by atoms with E-state index in [1.54, 1.807) is 42.5 Å². The molecule has 0 saturated heterocycles. The standard InChI is InChI=1S/C25H20N2O5S/c1-16(17-10-11-20-21(12-17)32-15-31-20)27-24(28)14-30-25(29)19-7-3-5-9-23(19)33-22-8-4-2-6-18(22)13-26/h2-12,16H,14-15H2,1H3,(H,27,28). The summed E-state index contributed by atoms with van der Waals surface area (Å²) in [5.74, 6) is 0.263. The van der Waals surface area contributed by atoms with Gasteiger partial charge >= 0.3 is 5.97 Å². The molecule has 0 saturated carbocycles. The van der Waals surface area contributed by atoms with E-state index in [1.807, 2.05) is 31.2 Å². The Morgan fingerprint density at radius 3 is 2.61 bits per heavy atom. The highest BCUT2D eigenvalue weighted by molar-refractivity contribution is 7.99. The van der Waals surface area contributed by atoms with E-state index in [0.29, 0.717) is 27.5 Å². The minimum atomic E-state index is -0.613. The summed E-state index contributed by atoms with van der Waals surface area (Å²) in [6, 6.07) is 21.4. The lowest BCUT2D eigenvalue weighted by molar-refractivity contribution is -0.124. The van der Waals surface area contributed by atoms with Gasteiger partial charge in [-0.15, -0.1) is 0 Å². The number of amides is 1. The number of ether oxygens (including phenoxy) is 3. The number of fused-ring (bicyclic) bond motifs is 1. The number of nitriles is 1. The minimum Gasteiger partial charge on any atom is -0.454 e. The lowest BCUT2D eigenvalue weighted by Gasteiger charge is -2.15. The van der Waals surface area contributed by atoms with Crippen LogP contribution in [0.1, 0.15) is 34.5 Å². The SMILES string of the molecule is CC(NC(=O)COC(=O)c1ccccc1Sc1ccccc1C#N)c1ccc2c(c1)OCO2. The van der Waals surface area contributed by atoms with Crippen LogP contribution in [0, 0.1) is 11.3 Å². The molecule has 0 aliphatic carbocycles. The predicted octanol–water partition coefficient (Wildman–Crippen LogP) is 4.47. The smallest absolute Gasteiger partial charge is 0.339 e. The largest absolute Gasteiger partial charge is 0.454 e. The molecule has 1 aliphatic heterocycles. The Morgan fingerprint density at radius 2 is 1.79 bits per heavy atom. The summed E-state index contributed by atoms with van der Waals surface area (Å²) in [7, 11) is 0. The van der Waals surface area contributed by atoms with Crippen LogP contribution in [0.3, 0.4) is 0 Å². The van der Waals surface area contributed by atoms with E-state index in [-0.39, 0.29) is 12.8 Å².